The molecule has 0 aliphatic carbocycles. The van der Waals surface area contributed by atoms with Gasteiger partial charge in [-0.05, 0) is 31.9 Å². The summed E-state index contributed by atoms with van der Waals surface area (Å²) in [5.41, 5.74) is 6.65. The number of nitrogens with two attached hydrogens (primary N) is 1. The molecule has 0 saturated heterocycles. The number of nitrogens with zero attached hydrogens (tertiary/aromatic N) is 1. The van der Waals surface area contributed by atoms with Crippen LogP contribution in [0.4, 0.5) is 0 Å². The first kappa shape index (κ1) is 13.8. The van der Waals surface area contributed by atoms with Crippen LogP contribution in [-0.4, -0.2) is 12.1 Å². The van der Waals surface area contributed by atoms with Crippen molar-refractivity contribution in [3.8, 4) is 11.8 Å². The van der Waals surface area contributed by atoms with Crippen LogP contribution in [0.1, 0.15) is 25.8 Å². The summed E-state index contributed by atoms with van der Waals surface area (Å²) < 4.78 is 5.62. The average Bonchev–Trinajstić information content (AvgIpc) is 2.29. The van der Waals surface area contributed by atoms with Crippen molar-refractivity contribution in [2.24, 2.45) is 5.73 Å². The minimum absolute atomic E-state index is 0.000544. The minimum atomic E-state index is -0.444. The van der Waals surface area contributed by atoms with Gasteiger partial charge in [0.25, 0.3) is 0 Å². The normalized spacial score (nSPS) is 13.8. The second-order valence-corrected chi connectivity index (χ2v) is 4.45. The van der Waals surface area contributed by atoms with Crippen LogP contribution in [0.3, 0.4) is 0 Å². The highest BCUT2D eigenvalue weighted by atomic mass is 35.5. The molecule has 2 N–H and O–H groups in total. The van der Waals surface area contributed by atoms with E-state index in [2.05, 4.69) is 6.07 Å². The van der Waals surface area contributed by atoms with Crippen LogP contribution in [0.5, 0.6) is 5.75 Å². The first-order chi connectivity index (χ1) is 8.08. The Labute approximate surface area is 107 Å². The fourth-order valence-electron chi connectivity index (χ4n) is 1.52. The van der Waals surface area contributed by atoms with E-state index >= 15 is 0 Å². The van der Waals surface area contributed by atoms with Crippen molar-refractivity contribution in [1.29, 1.82) is 5.26 Å². The number of rotatable bonds is 5. The lowest BCUT2D eigenvalue weighted by Crippen LogP contribution is -2.20. The van der Waals surface area contributed by atoms with Crippen molar-refractivity contribution in [1.82, 2.24) is 0 Å². The molecule has 0 bridgehead atoms. The van der Waals surface area contributed by atoms with E-state index in [0.717, 1.165) is 5.56 Å². The third-order valence-electron chi connectivity index (χ3n) is 2.39. The second kappa shape index (κ2) is 6.48. The van der Waals surface area contributed by atoms with Crippen LogP contribution < -0.4 is 10.5 Å². The summed E-state index contributed by atoms with van der Waals surface area (Å²) in [6, 6.07) is 7.54. The first-order valence-corrected chi connectivity index (χ1v) is 6.05. The fourth-order valence-corrected chi connectivity index (χ4v) is 1.77. The molecule has 1 aromatic rings. The topological polar surface area (TPSA) is 59.0 Å². The standard InChI is InChI=1S/C13H17ClN2O/c1-3-10(8-15)17-13-6-4-5-12(14)11(13)7-9(2)16/h4-6,9-10H,3,7,16H2,1-2H3. The largest absolute Gasteiger partial charge is 0.475 e. The zero-order valence-electron chi connectivity index (χ0n) is 10.1. The monoisotopic (exact) mass is 252 g/mol. The molecule has 0 radical (unpaired) electrons. The molecule has 0 fully saturated rings. The van der Waals surface area contributed by atoms with Gasteiger partial charge in [-0.2, -0.15) is 5.26 Å². The maximum absolute atomic E-state index is 8.90. The zero-order valence-corrected chi connectivity index (χ0v) is 10.9. The van der Waals surface area contributed by atoms with Crippen molar-refractivity contribution in [3.05, 3.63) is 28.8 Å². The van der Waals surface area contributed by atoms with Crippen molar-refractivity contribution in [3.63, 3.8) is 0 Å². The zero-order chi connectivity index (χ0) is 12.8. The van der Waals surface area contributed by atoms with Gasteiger partial charge in [-0.3, -0.25) is 0 Å². The van der Waals surface area contributed by atoms with Gasteiger partial charge in [0.05, 0.1) is 0 Å². The average molecular weight is 253 g/mol. The van der Waals surface area contributed by atoms with Crippen molar-refractivity contribution >= 4 is 11.6 Å². The smallest absolute Gasteiger partial charge is 0.184 e. The predicted molar refractivity (Wildman–Crippen MR) is 69.1 cm³/mol. The summed E-state index contributed by atoms with van der Waals surface area (Å²) in [4.78, 5) is 0. The maximum atomic E-state index is 8.90. The third kappa shape index (κ3) is 3.92. The molecule has 0 aliphatic rings. The summed E-state index contributed by atoms with van der Waals surface area (Å²) in [6.07, 6.45) is 0.831. The van der Waals surface area contributed by atoms with E-state index in [-0.39, 0.29) is 6.04 Å². The molecule has 1 aromatic carbocycles. The predicted octanol–water partition coefficient (Wildman–Crippen LogP) is 2.91. The lowest BCUT2D eigenvalue weighted by molar-refractivity contribution is 0.249. The Morgan fingerprint density at radius 3 is 2.76 bits per heavy atom. The van der Waals surface area contributed by atoms with Gasteiger partial charge in [-0.1, -0.05) is 24.6 Å². The Morgan fingerprint density at radius 1 is 1.53 bits per heavy atom. The Bertz CT molecular complexity index is 412. The molecule has 2 atom stereocenters. The Balaban J connectivity index is 2.98. The molecular weight excluding hydrogens is 236 g/mol. The van der Waals surface area contributed by atoms with Crippen LogP contribution >= 0.6 is 11.6 Å². The van der Waals surface area contributed by atoms with Crippen LogP contribution in [0.2, 0.25) is 5.02 Å². The van der Waals surface area contributed by atoms with Crippen LogP contribution in [0.25, 0.3) is 0 Å². The molecule has 17 heavy (non-hydrogen) atoms. The number of benzene rings is 1. The van der Waals surface area contributed by atoms with Gasteiger partial charge in [0.1, 0.15) is 11.8 Å². The van der Waals surface area contributed by atoms with Crippen LogP contribution in [-0.2, 0) is 6.42 Å². The Morgan fingerprint density at radius 2 is 2.24 bits per heavy atom. The molecule has 0 saturated carbocycles. The summed E-state index contributed by atoms with van der Waals surface area (Å²) in [5.74, 6) is 0.656. The lowest BCUT2D eigenvalue weighted by atomic mass is 10.1. The van der Waals surface area contributed by atoms with Gasteiger partial charge < -0.3 is 10.5 Å². The minimum Gasteiger partial charge on any atom is -0.475 e. The summed E-state index contributed by atoms with van der Waals surface area (Å²) in [6.45, 7) is 3.82. The van der Waals surface area contributed by atoms with Gasteiger partial charge in [-0.15, -0.1) is 0 Å². The van der Waals surface area contributed by atoms with E-state index in [1.54, 1.807) is 6.07 Å². The van der Waals surface area contributed by atoms with E-state index in [9.17, 15) is 0 Å². The molecule has 0 spiro atoms. The van der Waals surface area contributed by atoms with Crippen LogP contribution in [0, 0.1) is 11.3 Å². The molecule has 0 heterocycles. The summed E-state index contributed by atoms with van der Waals surface area (Å²) >= 11 is 6.12. The molecule has 92 valence electrons. The second-order valence-electron chi connectivity index (χ2n) is 4.04. The summed E-state index contributed by atoms with van der Waals surface area (Å²) in [5, 5.41) is 9.53. The van der Waals surface area contributed by atoms with Gasteiger partial charge in [0, 0.05) is 16.6 Å². The quantitative estimate of drug-likeness (QED) is 0.877. The lowest BCUT2D eigenvalue weighted by Gasteiger charge is -2.16. The maximum Gasteiger partial charge on any atom is 0.184 e. The van der Waals surface area contributed by atoms with Gasteiger partial charge >= 0.3 is 0 Å². The van der Waals surface area contributed by atoms with Crippen molar-refractivity contribution < 1.29 is 4.74 Å². The molecular formula is C13H17ClN2O. The van der Waals surface area contributed by atoms with Gasteiger partial charge in [0.2, 0.25) is 0 Å². The van der Waals surface area contributed by atoms with E-state index in [0.29, 0.717) is 23.6 Å². The van der Waals surface area contributed by atoms with Crippen molar-refractivity contribution in [2.45, 2.75) is 38.8 Å². The molecule has 0 aromatic heterocycles. The highest BCUT2D eigenvalue weighted by Gasteiger charge is 2.13. The fraction of sp³-hybridized carbons (Fsp3) is 0.462. The van der Waals surface area contributed by atoms with Crippen LogP contribution in [0.15, 0.2) is 18.2 Å². The highest BCUT2D eigenvalue weighted by Crippen LogP contribution is 2.28. The van der Waals surface area contributed by atoms with E-state index in [1.165, 1.54) is 0 Å². The Hall–Kier alpha value is -1.24. The Kier molecular flexibility index (Phi) is 5.27. The molecule has 3 nitrogen and oxygen atoms in total. The molecule has 2 unspecified atom stereocenters. The molecule has 0 amide bonds. The number of halogens is 1. The van der Waals surface area contributed by atoms with Gasteiger partial charge in [-0.25, -0.2) is 0 Å². The molecule has 0 aliphatic heterocycles. The summed E-state index contributed by atoms with van der Waals surface area (Å²) in [7, 11) is 0. The molecule has 4 heteroatoms. The van der Waals surface area contributed by atoms with E-state index < -0.39 is 6.10 Å². The third-order valence-corrected chi connectivity index (χ3v) is 2.74. The number of hydrogen-bond acceptors (Lipinski definition) is 3. The molecule has 1 rings (SSSR count). The first-order valence-electron chi connectivity index (χ1n) is 5.67. The van der Waals surface area contributed by atoms with E-state index in [4.69, 9.17) is 27.3 Å². The number of ether oxygens (including phenoxy) is 1. The van der Waals surface area contributed by atoms with E-state index in [1.807, 2.05) is 26.0 Å². The highest BCUT2D eigenvalue weighted by molar-refractivity contribution is 6.31. The SMILES string of the molecule is CCC(C#N)Oc1cccc(Cl)c1CC(C)N. The van der Waals surface area contributed by atoms with Crippen molar-refractivity contribution in [2.75, 3.05) is 0 Å². The van der Waals surface area contributed by atoms with Gasteiger partial charge in [0.15, 0.2) is 6.10 Å². The number of hydrogen-bond donors (Lipinski definition) is 1. The number of nitriles is 1.